The molecule has 2 rings (SSSR count). The van der Waals surface area contributed by atoms with E-state index >= 15 is 0 Å². The minimum Gasteiger partial charge on any atom is -0.316 e. The van der Waals surface area contributed by atoms with E-state index in [0.717, 1.165) is 5.56 Å². The Bertz CT molecular complexity index is 609. The van der Waals surface area contributed by atoms with Crippen LogP contribution >= 0.6 is 0 Å². The van der Waals surface area contributed by atoms with E-state index in [1.54, 1.807) is 0 Å². The largest absolute Gasteiger partial charge is 0.316 e. The van der Waals surface area contributed by atoms with Crippen LogP contribution in [0.1, 0.15) is 39.2 Å². The van der Waals surface area contributed by atoms with Crippen molar-refractivity contribution >= 4 is 11.0 Å². The zero-order valence-electron chi connectivity index (χ0n) is 10.6. The molecule has 4 heteroatoms. The molecule has 1 heterocycles. The Kier molecular flexibility index (Phi) is 4.26. The van der Waals surface area contributed by atoms with E-state index in [-0.39, 0.29) is 0 Å². The molecule has 2 N–H and O–H groups in total. The fourth-order valence-electron chi connectivity index (χ4n) is 1.49. The number of nitrogens with one attached hydrogen (secondary N) is 2. The monoisotopic (exact) mass is 234 g/mol. The van der Waals surface area contributed by atoms with Crippen LogP contribution in [0.25, 0.3) is 11.0 Å². The third-order valence-corrected chi connectivity index (χ3v) is 2.41. The van der Waals surface area contributed by atoms with Crippen LogP contribution in [0.5, 0.6) is 0 Å². The maximum Gasteiger partial charge on any atom is 0.314 e. The molecule has 4 nitrogen and oxygen atoms in total. The third-order valence-electron chi connectivity index (χ3n) is 2.41. The topological polar surface area (TPSA) is 65.7 Å². The second-order valence-electron chi connectivity index (χ2n) is 3.87. The van der Waals surface area contributed by atoms with Gasteiger partial charge in [-0.2, -0.15) is 0 Å². The first-order chi connectivity index (χ1) is 8.08. The lowest BCUT2D eigenvalue weighted by Gasteiger charge is -2.05. The van der Waals surface area contributed by atoms with Crippen molar-refractivity contribution in [1.29, 1.82) is 0 Å². The summed E-state index contributed by atoms with van der Waals surface area (Å²) >= 11 is 0. The molecule has 0 spiro atoms. The molecule has 0 aliphatic carbocycles. The minimum absolute atomic E-state index is 0.393. The Morgan fingerprint density at radius 1 is 0.941 bits per heavy atom. The van der Waals surface area contributed by atoms with Gasteiger partial charge in [-0.15, -0.1) is 0 Å². The zero-order valence-corrected chi connectivity index (χ0v) is 10.6. The lowest BCUT2D eigenvalue weighted by molar-refractivity contribution is 0.867. The summed E-state index contributed by atoms with van der Waals surface area (Å²) in [4.78, 5) is 27.2. The number of hydrogen-bond donors (Lipinski definition) is 2. The van der Waals surface area contributed by atoms with Crippen LogP contribution in [0, 0.1) is 0 Å². The fourth-order valence-corrected chi connectivity index (χ4v) is 1.49. The number of H-pyrrole nitrogens is 2. The van der Waals surface area contributed by atoms with E-state index in [2.05, 4.69) is 23.8 Å². The van der Waals surface area contributed by atoms with E-state index in [1.165, 1.54) is 0 Å². The Balaban J connectivity index is 0.000000686. The first kappa shape index (κ1) is 13.2. The number of benzene rings is 1. The van der Waals surface area contributed by atoms with Crippen LogP contribution in [-0.4, -0.2) is 9.97 Å². The van der Waals surface area contributed by atoms with Gasteiger partial charge in [-0.25, -0.2) is 0 Å². The average molecular weight is 234 g/mol. The standard InChI is InChI=1S/C11H12N2O2.C2H6/c1-6(2)7-3-4-8-9(5-7)13-11(15)10(14)12-8;1-2/h3-6H,1-2H3,(H,12,14)(H,13,15);1-2H3. The molecule has 0 fully saturated rings. The van der Waals surface area contributed by atoms with Gasteiger partial charge in [-0.05, 0) is 23.6 Å². The average Bonchev–Trinajstić information content (AvgIpc) is 2.32. The highest BCUT2D eigenvalue weighted by Gasteiger charge is 2.02. The van der Waals surface area contributed by atoms with Crippen LogP contribution in [0.4, 0.5) is 0 Å². The molecular weight excluding hydrogens is 216 g/mol. The summed E-state index contributed by atoms with van der Waals surface area (Å²) in [6, 6.07) is 5.64. The van der Waals surface area contributed by atoms with E-state index in [1.807, 2.05) is 32.0 Å². The molecule has 2 aromatic rings. The molecule has 1 aromatic carbocycles. The molecule has 0 saturated heterocycles. The van der Waals surface area contributed by atoms with Gasteiger partial charge in [0.1, 0.15) is 0 Å². The summed E-state index contributed by atoms with van der Waals surface area (Å²) < 4.78 is 0. The second-order valence-corrected chi connectivity index (χ2v) is 3.87. The SMILES string of the molecule is CC.CC(C)c1ccc2[nH]c(=O)c(=O)[nH]c2c1. The number of hydrogen-bond acceptors (Lipinski definition) is 2. The van der Waals surface area contributed by atoms with Gasteiger partial charge in [0.25, 0.3) is 0 Å². The smallest absolute Gasteiger partial charge is 0.314 e. The molecule has 92 valence electrons. The first-order valence-electron chi connectivity index (χ1n) is 5.84. The number of fused-ring (bicyclic) bond motifs is 1. The van der Waals surface area contributed by atoms with Crippen molar-refractivity contribution < 1.29 is 0 Å². The van der Waals surface area contributed by atoms with Crippen LogP contribution < -0.4 is 11.1 Å². The van der Waals surface area contributed by atoms with Gasteiger partial charge in [-0.3, -0.25) is 9.59 Å². The van der Waals surface area contributed by atoms with Crippen molar-refractivity contribution in [1.82, 2.24) is 9.97 Å². The highest BCUT2D eigenvalue weighted by atomic mass is 16.2. The van der Waals surface area contributed by atoms with Crippen LogP contribution in [0.15, 0.2) is 27.8 Å². The number of rotatable bonds is 1. The Labute approximate surface area is 99.7 Å². The van der Waals surface area contributed by atoms with Gasteiger partial charge in [0.05, 0.1) is 11.0 Å². The molecule has 0 saturated carbocycles. The highest BCUT2D eigenvalue weighted by Crippen LogP contribution is 2.17. The van der Waals surface area contributed by atoms with E-state index in [0.29, 0.717) is 17.0 Å². The molecule has 0 atom stereocenters. The Morgan fingerprint density at radius 2 is 1.47 bits per heavy atom. The summed E-state index contributed by atoms with van der Waals surface area (Å²) in [5.41, 5.74) is 1.24. The molecule has 0 unspecified atom stereocenters. The summed E-state index contributed by atoms with van der Waals surface area (Å²) in [6.07, 6.45) is 0. The summed E-state index contributed by atoms with van der Waals surface area (Å²) in [7, 11) is 0. The summed E-state index contributed by atoms with van der Waals surface area (Å²) in [5, 5.41) is 0. The number of aromatic nitrogens is 2. The molecule has 0 aliphatic rings. The normalized spacial score (nSPS) is 10.2. The van der Waals surface area contributed by atoms with Crippen molar-refractivity contribution in [3.8, 4) is 0 Å². The maximum absolute atomic E-state index is 11.1. The minimum atomic E-state index is -0.611. The van der Waals surface area contributed by atoms with Crippen LogP contribution in [0.2, 0.25) is 0 Å². The quantitative estimate of drug-likeness (QED) is 0.744. The van der Waals surface area contributed by atoms with Gasteiger partial charge < -0.3 is 9.97 Å². The Morgan fingerprint density at radius 3 is 2.00 bits per heavy atom. The lowest BCUT2D eigenvalue weighted by atomic mass is 10.0. The predicted octanol–water partition coefficient (Wildman–Crippen LogP) is 2.37. The van der Waals surface area contributed by atoms with Crippen LogP contribution in [0.3, 0.4) is 0 Å². The van der Waals surface area contributed by atoms with Crippen molar-refractivity contribution in [3.63, 3.8) is 0 Å². The third kappa shape index (κ3) is 2.84. The van der Waals surface area contributed by atoms with Crippen LogP contribution in [-0.2, 0) is 0 Å². The van der Waals surface area contributed by atoms with Crippen molar-refractivity contribution in [2.75, 3.05) is 0 Å². The molecule has 0 bridgehead atoms. The van der Waals surface area contributed by atoms with Crippen molar-refractivity contribution in [2.45, 2.75) is 33.6 Å². The summed E-state index contributed by atoms with van der Waals surface area (Å²) in [5.74, 6) is 0.393. The Hall–Kier alpha value is -1.84. The van der Waals surface area contributed by atoms with E-state index in [4.69, 9.17) is 0 Å². The maximum atomic E-state index is 11.1. The fraction of sp³-hybridized carbons (Fsp3) is 0.385. The van der Waals surface area contributed by atoms with Crippen molar-refractivity contribution in [3.05, 3.63) is 44.5 Å². The van der Waals surface area contributed by atoms with Gasteiger partial charge in [-0.1, -0.05) is 33.8 Å². The van der Waals surface area contributed by atoms with E-state index in [9.17, 15) is 9.59 Å². The molecule has 17 heavy (non-hydrogen) atoms. The molecular formula is C13H18N2O2. The first-order valence-corrected chi connectivity index (χ1v) is 5.84. The highest BCUT2D eigenvalue weighted by molar-refractivity contribution is 5.74. The summed E-state index contributed by atoms with van der Waals surface area (Å²) in [6.45, 7) is 8.15. The second kappa shape index (κ2) is 5.48. The van der Waals surface area contributed by atoms with Gasteiger partial charge in [0, 0.05) is 0 Å². The zero-order chi connectivity index (χ0) is 13.0. The predicted molar refractivity (Wildman–Crippen MR) is 70.6 cm³/mol. The van der Waals surface area contributed by atoms with E-state index < -0.39 is 11.1 Å². The van der Waals surface area contributed by atoms with Gasteiger partial charge in [0.15, 0.2) is 0 Å². The molecule has 0 amide bonds. The molecule has 0 aliphatic heterocycles. The van der Waals surface area contributed by atoms with Crippen molar-refractivity contribution in [2.24, 2.45) is 0 Å². The van der Waals surface area contributed by atoms with Gasteiger partial charge >= 0.3 is 11.1 Å². The molecule has 1 aromatic heterocycles. The lowest BCUT2D eigenvalue weighted by Crippen LogP contribution is -2.28. The molecule has 0 radical (unpaired) electrons. The number of aromatic amines is 2. The van der Waals surface area contributed by atoms with Gasteiger partial charge in [0.2, 0.25) is 0 Å².